The number of aliphatic carboxylic acids is 1. The largest absolute Gasteiger partial charge is 0.480 e. The van der Waals surface area contributed by atoms with Gasteiger partial charge in [0.05, 0.1) is 0 Å². The first-order valence-corrected chi connectivity index (χ1v) is 3.85. The molecular weight excluding hydrogens is 186 g/mol. The van der Waals surface area contributed by atoms with Crippen LogP contribution in [-0.4, -0.2) is 28.6 Å². The molecule has 14 heavy (non-hydrogen) atoms. The summed E-state index contributed by atoms with van der Waals surface area (Å²) in [6.45, 7) is -0.406. The minimum atomic E-state index is -1.09. The van der Waals surface area contributed by atoms with Crippen LogP contribution in [0, 0.1) is 0 Å². The van der Waals surface area contributed by atoms with Crippen LogP contribution in [0.5, 0.6) is 0 Å². The van der Waals surface area contributed by atoms with E-state index < -0.39 is 18.5 Å². The maximum absolute atomic E-state index is 11.0. The molecule has 0 fully saturated rings. The van der Waals surface area contributed by atoms with Crippen LogP contribution < -0.4 is 10.6 Å². The minimum Gasteiger partial charge on any atom is -0.480 e. The number of nitrogens with zero attached hydrogens (tertiary/aromatic N) is 1. The van der Waals surface area contributed by atoms with Crippen LogP contribution >= 0.6 is 0 Å². The van der Waals surface area contributed by atoms with Gasteiger partial charge in [0, 0.05) is 18.1 Å². The summed E-state index contributed by atoms with van der Waals surface area (Å²) in [4.78, 5) is 24.9. The molecule has 0 unspecified atom stereocenters. The third-order valence-electron chi connectivity index (χ3n) is 1.34. The van der Waals surface area contributed by atoms with Crippen molar-refractivity contribution in [2.24, 2.45) is 0 Å². The zero-order valence-corrected chi connectivity index (χ0v) is 7.23. The summed E-state index contributed by atoms with van der Waals surface area (Å²) in [5, 5.41) is 12.9. The summed E-state index contributed by atoms with van der Waals surface area (Å²) in [6.07, 6.45) is 3.04. The number of rotatable bonds is 3. The number of pyridine rings is 1. The summed E-state index contributed by atoms with van der Waals surface area (Å²) < 4.78 is 0. The molecule has 0 radical (unpaired) electrons. The van der Waals surface area contributed by atoms with Crippen LogP contribution in [0.25, 0.3) is 0 Å². The first-order chi connectivity index (χ1) is 6.68. The number of amides is 2. The molecule has 1 heterocycles. The first-order valence-electron chi connectivity index (χ1n) is 3.85. The van der Waals surface area contributed by atoms with Crippen molar-refractivity contribution < 1.29 is 14.7 Å². The Morgan fingerprint density at radius 1 is 1.36 bits per heavy atom. The Morgan fingerprint density at radius 3 is 2.57 bits per heavy atom. The van der Waals surface area contributed by atoms with Gasteiger partial charge in [0.1, 0.15) is 6.54 Å². The van der Waals surface area contributed by atoms with Gasteiger partial charge in [-0.15, -0.1) is 0 Å². The number of hydrogen-bond donors (Lipinski definition) is 3. The van der Waals surface area contributed by atoms with Crippen molar-refractivity contribution in [2.75, 3.05) is 11.9 Å². The van der Waals surface area contributed by atoms with Crippen LogP contribution in [0.15, 0.2) is 24.5 Å². The number of carboxylic acid groups (broad SMARTS) is 1. The normalized spacial score (nSPS) is 9.14. The Bertz CT molecular complexity index is 326. The van der Waals surface area contributed by atoms with Crippen molar-refractivity contribution >= 4 is 17.7 Å². The van der Waals surface area contributed by atoms with E-state index in [4.69, 9.17) is 5.11 Å². The summed E-state index contributed by atoms with van der Waals surface area (Å²) in [5.41, 5.74) is 0.558. The highest BCUT2D eigenvalue weighted by Gasteiger charge is 2.02. The van der Waals surface area contributed by atoms with Crippen LogP contribution in [0.3, 0.4) is 0 Å². The van der Waals surface area contributed by atoms with Gasteiger partial charge in [-0.05, 0) is 12.1 Å². The Labute approximate surface area is 80.0 Å². The molecule has 1 rings (SSSR count). The maximum Gasteiger partial charge on any atom is 0.323 e. The smallest absolute Gasteiger partial charge is 0.323 e. The third kappa shape index (κ3) is 3.53. The predicted molar refractivity (Wildman–Crippen MR) is 48.9 cm³/mol. The molecule has 0 aliphatic carbocycles. The van der Waals surface area contributed by atoms with Crippen molar-refractivity contribution in [3.8, 4) is 0 Å². The first kappa shape index (κ1) is 9.97. The van der Waals surface area contributed by atoms with E-state index in [2.05, 4.69) is 15.6 Å². The van der Waals surface area contributed by atoms with Gasteiger partial charge in [0.15, 0.2) is 0 Å². The Kier molecular flexibility index (Phi) is 3.42. The van der Waals surface area contributed by atoms with Gasteiger partial charge in [0.25, 0.3) is 0 Å². The molecule has 2 amide bonds. The van der Waals surface area contributed by atoms with Crippen molar-refractivity contribution in [3.05, 3.63) is 24.5 Å². The third-order valence-corrected chi connectivity index (χ3v) is 1.34. The monoisotopic (exact) mass is 195 g/mol. The lowest BCUT2D eigenvalue weighted by atomic mass is 10.4. The SMILES string of the molecule is O=C(O)CNC(=O)Nc1ccncc1. The molecule has 0 bridgehead atoms. The number of hydrogen-bond acceptors (Lipinski definition) is 3. The molecular formula is C8H9N3O3. The lowest BCUT2D eigenvalue weighted by Gasteiger charge is -2.04. The Hall–Kier alpha value is -2.11. The second-order valence-electron chi connectivity index (χ2n) is 2.44. The highest BCUT2D eigenvalue weighted by molar-refractivity contribution is 5.91. The van der Waals surface area contributed by atoms with Gasteiger partial charge in [0.2, 0.25) is 0 Å². The predicted octanol–water partition coefficient (Wildman–Crippen LogP) is 0.288. The molecule has 0 spiro atoms. The van der Waals surface area contributed by atoms with E-state index in [1.807, 2.05) is 0 Å². The highest BCUT2D eigenvalue weighted by Crippen LogP contribution is 2.01. The van der Waals surface area contributed by atoms with E-state index in [0.29, 0.717) is 5.69 Å². The quantitative estimate of drug-likeness (QED) is 0.646. The molecule has 6 nitrogen and oxygen atoms in total. The highest BCUT2D eigenvalue weighted by atomic mass is 16.4. The van der Waals surface area contributed by atoms with Gasteiger partial charge in [-0.3, -0.25) is 9.78 Å². The minimum absolute atomic E-state index is 0.406. The Balaban J connectivity index is 2.38. The van der Waals surface area contributed by atoms with Gasteiger partial charge in [-0.2, -0.15) is 0 Å². The molecule has 0 aromatic carbocycles. The fourth-order valence-corrected chi connectivity index (χ4v) is 0.766. The van der Waals surface area contributed by atoms with Crippen LogP contribution in [-0.2, 0) is 4.79 Å². The topological polar surface area (TPSA) is 91.3 Å². The molecule has 0 saturated carbocycles. The van der Waals surface area contributed by atoms with E-state index in [9.17, 15) is 9.59 Å². The molecule has 74 valence electrons. The van der Waals surface area contributed by atoms with Gasteiger partial charge in [-0.1, -0.05) is 0 Å². The molecule has 1 aromatic rings. The zero-order valence-electron chi connectivity index (χ0n) is 7.23. The van der Waals surface area contributed by atoms with Crippen LogP contribution in [0.2, 0.25) is 0 Å². The number of aromatic nitrogens is 1. The molecule has 3 N–H and O–H groups in total. The lowest BCUT2D eigenvalue weighted by Crippen LogP contribution is -2.33. The second-order valence-corrected chi connectivity index (χ2v) is 2.44. The molecule has 6 heteroatoms. The van der Waals surface area contributed by atoms with Crippen molar-refractivity contribution in [3.63, 3.8) is 0 Å². The molecule has 0 atom stereocenters. The maximum atomic E-state index is 11.0. The number of carbonyl (C=O) groups excluding carboxylic acids is 1. The standard InChI is InChI=1S/C8H9N3O3/c12-7(13)5-10-8(14)11-6-1-3-9-4-2-6/h1-4H,5H2,(H,12,13)(H2,9,10,11,14). The second kappa shape index (κ2) is 4.80. The fourth-order valence-electron chi connectivity index (χ4n) is 0.766. The fraction of sp³-hybridized carbons (Fsp3) is 0.125. The van der Waals surface area contributed by atoms with Crippen LogP contribution in [0.1, 0.15) is 0 Å². The number of urea groups is 1. The van der Waals surface area contributed by atoms with Crippen LogP contribution in [0.4, 0.5) is 10.5 Å². The average Bonchev–Trinajstić information content (AvgIpc) is 2.16. The van der Waals surface area contributed by atoms with E-state index in [0.717, 1.165) is 0 Å². The van der Waals surface area contributed by atoms with Gasteiger partial charge in [-0.25, -0.2) is 4.79 Å². The number of carbonyl (C=O) groups is 2. The molecule has 0 aliphatic heterocycles. The summed E-state index contributed by atoms with van der Waals surface area (Å²) >= 11 is 0. The molecule has 0 saturated heterocycles. The summed E-state index contributed by atoms with van der Waals surface area (Å²) in [7, 11) is 0. The summed E-state index contributed by atoms with van der Waals surface area (Å²) in [5.74, 6) is -1.09. The number of nitrogens with one attached hydrogen (secondary N) is 2. The zero-order chi connectivity index (χ0) is 10.4. The van der Waals surface area contributed by atoms with Crippen molar-refractivity contribution in [1.29, 1.82) is 0 Å². The lowest BCUT2D eigenvalue weighted by molar-refractivity contribution is -0.135. The Morgan fingerprint density at radius 2 is 2.00 bits per heavy atom. The van der Waals surface area contributed by atoms with Crippen molar-refractivity contribution in [1.82, 2.24) is 10.3 Å². The summed E-state index contributed by atoms with van der Waals surface area (Å²) in [6, 6.07) is 2.64. The van der Waals surface area contributed by atoms with Gasteiger partial charge < -0.3 is 15.7 Å². The van der Waals surface area contributed by atoms with E-state index in [1.165, 1.54) is 12.4 Å². The number of anilines is 1. The van der Waals surface area contributed by atoms with Crippen molar-refractivity contribution in [2.45, 2.75) is 0 Å². The molecule has 1 aromatic heterocycles. The van der Waals surface area contributed by atoms with Gasteiger partial charge >= 0.3 is 12.0 Å². The molecule has 0 aliphatic rings. The number of carboxylic acids is 1. The van der Waals surface area contributed by atoms with E-state index in [-0.39, 0.29) is 0 Å². The van der Waals surface area contributed by atoms with E-state index >= 15 is 0 Å². The van der Waals surface area contributed by atoms with E-state index in [1.54, 1.807) is 12.1 Å². The average molecular weight is 195 g/mol.